The highest BCUT2D eigenvalue weighted by atomic mass is 32.2. The molecule has 0 saturated carbocycles. The van der Waals surface area contributed by atoms with E-state index in [0.29, 0.717) is 16.1 Å². The van der Waals surface area contributed by atoms with Crippen molar-refractivity contribution in [2.24, 2.45) is 5.41 Å². The van der Waals surface area contributed by atoms with Crippen molar-refractivity contribution < 1.29 is 31.5 Å². The van der Waals surface area contributed by atoms with Gasteiger partial charge in [0.2, 0.25) is 5.95 Å². The average molecular weight is 481 g/mol. The Kier molecular flexibility index (Phi) is 6.55. The first kappa shape index (κ1) is 24.3. The molecule has 0 aliphatic carbocycles. The first-order valence-corrected chi connectivity index (χ1v) is 11.2. The Bertz CT molecular complexity index is 1300. The first-order valence-electron chi connectivity index (χ1n) is 9.80. The van der Waals surface area contributed by atoms with Crippen molar-refractivity contribution in [3.8, 4) is 11.3 Å². The van der Waals surface area contributed by atoms with E-state index in [1.54, 1.807) is 0 Å². The Morgan fingerprint density at radius 1 is 1.12 bits per heavy atom. The van der Waals surface area contributed by atoms with E-state index in [0.717, 1.165) is 17.2 Å². The molecule has 176 valence electrons. The van der Waals surface area contributed by atoms with Gasteiger partial charge in [0.15, 0.2) is 11.6 Å². The standard InChI is InChI=1S/C22H22F3N3O4S/c1-22(2,3)13-27(21(29)30)11-14-9-19(16-5-4-8-26-20(16)25)28(12-14)33(31,32)15-6-7-17(23)18(24)10-15/h4-10,12H,11,13H2,1-3H3,(H,29,30). The zero-order valence-corrected chi connectivity index (χ0v) is 18.9. The van der Waals surface area contributed by atoms with E-state index in [1.807, 2.05) is 20.8 Å². The second kappa shape index (κ2) is 8.89. The molecule has 2 heterocycles. The van der Waals surface area contributed by atoms with Crippen molar-refractivity contribution in [3.05, 3.63) is 71.9 Å². The fourth-order valence-electron chi connectivity index (χ4n) is 3.29. The minimum Gasteiger partial charge on any atom is -0.465 e. The molecule has 0 bridgehead atoms. The molecular formula is C22H22F3N3O4S. The van der Waals surface area contributed by atoms with Gasteiger partial charge in [-0.15, -0.1) is 0 Å². The van der Waals surface area contributed by atoms with Crippen LogP contribution in [0, 0.1) is 23.0 Å². The molecule has 11 heteroatoms. The highest BCUT2D eigenvalue weighted by molar-refractivity contribution is 7.90. The van der Waals surface area contributed by atoms with Gasteiger partial charge in [0.25, 0.3) is 10.0 Å². The molecule has 33 heavy (non-hydrogen) atoms. The number of benzene rings is 1. The molecule has 1 N–H and O–H groups in total. The van der Waals surface area contributed by atoms with Gasteiger partial charge in [-0.2, -0.15) is 4.39 Å². The molecule has 7 nitrogen and oxygen atoms in total. The van der Waals surface area contributed by atoms with Gasteiger partial charge in [-0.25, -0.2) is 30.9 Å². The van der Waals surface area contributed by atoms with Gasteiger partial charge in [0.05, 0.1) is 22.7 Å². The fraction of sp³-hybridized carbons (Fsp3) is 0.273. The highest BCUT2D eigenvalue weighted by Crippen LogP contribution is 2.30. The monoisotopic (exact) mass is 481 g/mol. The van der Waals surface area contributed by atoms with Crippen LogP contribution in [0.2, 0.25) is 0 Å². The lowest BCUT2D eigenvalue weighted by atomic mass is 9.96. The lowest BCUT2D eigenvalue weighted by Gasteiger charge is -2.27. The number of amides is 1. The molecule has 3 rings (SSSR count). The van der Waals surface area contributed by atoms with Crippen LogP contribution in [0.1, 0.15) is 26.3 Å². The van der Waals surface area contributed by atoms with Crippen molar-refractivity contribution in [3.63, 3.8) is 0 Å². The topological polar surface area (TPSA) is 92.5 Å². The molecular weight excluding hydrogens is 459 g/mol. The zero-order chi connectivity index (χ0) is 24.6. The predicted octanol–water partition coefficient (Wildman–Crippen LogP) is 4.73. The maximum Gasteiger partial charge on any atom is 0.407 e. The maximum absolute atomic E-state index is 14.5. The Labute approximate surface area is 189 Å². The molecule has 1 amide bonds. The van der Waals surface area contributed by atoms with Gasteiger partial charge in [-0.3, -0.25) is 0 Å². The molecule has 0 aliphatic rings. The highest BCUT2D eigenvalue weighted by Gasteiger charge is 2.27. The second-order valence-electron chi connectivity index (χ2n) is 8.65. The van der Waals surface area contributed by atoms with Crippen molar-refractivity contribution in [1.82, 2.24) is 13.9 Å². The van der Waals surface area contributed by atoms with Crippen molar-refractivity contribution in [2.45, 2.75) is 32.2 Å². The third-order valence-electron chi connectivity index (χ3n) is 4.63. The summed E-state index contributed by atoms with van der Waals surface area (Å²) in [6, 6.07) is 6.13. The number of carbonyl (C=O) groups is 1. The summed E-state index contributed by atoms with van der Waals surface area (Å²) in [5, 5.41) is 9.58. The van der Waals surface area contributed by atoms with Gasteiger partial charge < -0.3 is 10.0 Å². The van der Waals surface area contributed by atoms with E-state index in [2.05, 4.69) is 4.98 Å². The average Bonchev–Trinajstić information content (AvgIpc) is 3.13. The predicted molar refractivity (Wildman–Crippen MR) is 114 cm³/mol. The summed E-state index contributed by atoms with van der Waals surface area (Å²) in [7, 11) is -4.49. The van der Waals surface area contributed by atoms with E-state index >= 15 is 0 Å². The summed E-state index contributed by atoms with van der Waals surface area (Å²) in [4.78, 5) is 15.8. The minimum atomic E-state index is -4.49. The van der Waals surface area contributed by atoms with E-state index in [1.165, 1.54) is 24.4 Å². The molecule has 0 radical (unpaired) electrons. The summed E-state index contributed by atoms with van der Waals surface area (Å²) in [5.41, 5.74) is -0.420. The molecule has 2 aromatic heterocycles. The summed E-state index contributed by atoms with van der Waals surface area (Å²) in [6.45, 7) is 5.51. The zero-order valence-electron chi connectivity index (χ0n) is 18.1. The first-order chi connectivity index (χ1) is 15.3. The molecule has 0 spiro atoms. The molecule has 0 atom stereocenters. The Morgan fingerprint density at radius 3 is 2.39 bits per heavy atom. The number of nitrogens with zero attached hydrogens (tertiary/aromatic N) is 3. The Hall–Kier alpha value is -3.34. The van der Waals surface area contributed by atoms with Crippen LogP contribution in [-0.2, 0) is 16.6 Å². The molecule has 0 unspecified atom stereocenters. The second-order valence-corrected chi connectivity index (χ2v) is 10.5. The lowest BCUT2D eigenvalue weighted by Crippen LogP contribution is -2.36. The quantitative estimate of drug-likeness (QED) is 0.514. The van der Waals surface area contributed by atoms with Gasteiger partial charge in [0.1, 0.15) is 0 Å². The van der Waals surface area contributed by atoms with Crippen molar-refractivity contribution in [1.29, 1.82) is 0 Å². The third kappa shape index (κ3) is 5.36. The summed E-state index contributed by atoms with van der Waals surface area (Å²) < 4.78 is 68.8. The van der Waals surface area contributed by atoms with Gasteiger partial charge >= 0.3 is 6.09 Å². The van der Waals surface area contributed by atoms with Crippen molar-refractivity contribution in [2.75, 3.05) is 6.54 Å². The minimum absolute atomic E-state index is 0.138. The van der Waals surface area contributed by atoms with E-state index in [9.17, 15) is 31.5 Å². The third-order valence-corrected chi connectivity index (χ3v) is 6.30. The van der Waals surface area contributed by atoms with Crippen LogP contribution in [0.25, 0.3) is 11.3 Å². The van der Waals surface area contributed by atoms with Crippen LogP contribution < -0.4 is 0 Å². The van der Waals surface area contributed by atoms with Gasteiger partial charge in [-0.05, 0) is 47.4 Å². The molecule has 1 aromatic carbocycles. The number of carboxylic acid groups (broad SMARTS) is 1. The van der Waals surface area contributed by atoms with Crippen LogP contribution in [0.15, 0.2) is 53.7 Å². The summed E-state index contributed by atoms with van der Waals surface area (Å²) >= 11 is 0. The van der Waals surface area contributed by atoms with E-state index in [-0.39, 0.29) is 35.3 Å². The number of aromatic nitrogens is 2. The largest absolute Gasteiger partial charge is 0.465 e. The number of hydrogen-bond acceptors (Lipinski definition) is 4. The molecule has 0 saturated heterocycles. The van der Waals surface area contributed by atoms with Crippen LogP contribution >= 0.6 is 0 Å². The Morgan fingerprint density at radius 2 is 1.82 bits per heavy atom. The van der Waals surface area contributed by atoms with Crippen LogP contribution in [0.3, 0.4) is 0 Å². The van der Waals surface area contributed by atoms with E-state index in [4.69, 9.17) is 0 Å². The molecule has 0 aliphatic heterocycles. The summed E-state index contributed by atoms with van der Waals surface area (Å²) in [5.74, 6) is -3.53. The van der Waals surface area contributed by atoms with Crippen LogP contribution in [0.5, 0.6) is 0 Å². The SMILES string of the molecule is CC(C)(C)CN(Cc1cc(-c2cccnc2F)n(S(=O)(=O)c2ccc(F)c(F)c2)c1)C(=O)O. The molecule has 3 aromatic rings. The molecule has 0 fully saturated rings. The number of hydrogen-bond donors (Lipinski definition) is 1. The summed E-state index contributed by atoms with van der Waals surface area (Å²) in [6.07, 6.45) is 1.11. The number of pyridine rings is 1. The fourth-order valence-corrected chi connectivity index (χ4v) is 4.69. The van der Waals surface area contributed by atoms with Crippen molar-refractivity contribution >= 4 is 16.1 Å². The smallest absolute Gasteiger partial charge is 0.407 e. The van der Waals surface area contributed by atoms with Crippen LogP contribution in [0.4, 0.5) is 18.0 Å². The lowest BCUT2D eigenvalue weighted by molar-refractivity contribution is 0.123. The number of rotatable bonds is 6. The normalized spacial score (nSPS) is 12.1. The van der Waals surface area contributed by atoms with Crippen LogP contribution in [-0.4, -0.2) is 40.0 Å². The van der Waals surface area contributed by atoms with E-state index < -0.39 is 38.6 Å². The maximum atomic E-state index is 14.5. The number of halogens is 3. The Balaban J connectivity index is 2.16. The van der Waals surface area contributed by atoms with Gasteiger partial charge in [0, 0.05) is 18.9 Å². The van der Waals surface area contributed by atoms with Gasteiger partial charge in [-0.1, -0.05) is 20.8 Å².